The minimum atomic E-state index is -1.19. The van der Waals surface area contributed by atoms with Gasteiger partial charge in [0.15, 0.2) is 11.3 Å². The predicted octanol–water partition coefficient (Wildman–Crippen LogP) is 0.895. The Kier molecular flexibility index (Phi) is 13.8. The Balaban J connectivity index is 2.04. The van der Waals surface area contributed by atoms with Crippen LogP contribution in [0, 0.1) is 5.92 Å². The summed E-state index contributed by atoms with van der Waals surface area (Å²) in [5, 5.41) is 9.50. The van der Waals surface area contributed by atoms with Crippen LogP contribution in [-0.2, 0) is 38.6 Å². The van der Waals surface area contributed by atoms with Crippen LogP contribution in [0.3, 0.4) is 0 Å². The maximum Gasteiger partial charge on any atom is 0.336 e. The van der Waals surface area contributed by atoms with E-state index in [4.69, 9.17) is 18.9 Å². The van der Waals surface area contributed by atoms with Gasteiger partial charge in [0.25, 0.3) is 0 Å². The zero-order valence-electron chi connectivity index (χ0n) is 29.8. The molecule has 2 aliphatic heterocycles. The third-order valence-corrected chi connectivity index (χ3v) is 8.77. The van der Waals surface area contributed by atoms with E-state index in [0.717, 1.165) is 13.7 Å². The van der Waals surface area contributed by atoms with Crippen molar-refractivity contribution in [2.24, 2.45) is 5.92 Å². The molecule has 0 spiro atoms. The highest BCUT2D eigenvalue weighted by Crippen LogP contribution is 2.56. The summed E-state index contributed by atoms with van der Waals surface area (Å²) in [5.41, 5.74) is -4.84. The number of aromatic nitrogens is 3. The number of nitrogens with zero attached hydrogens (tertiary/aromatic N) is 7. The second-order valence-corrected chi connectivity index (χ2v) is 12.8. The van der Waals surface area contributed by atoms with Crippen molar-refractivity contribution in [3.8, 4) is 0 Å². The number of ether oxygens (including phenoxy) is 4. The van der Waals surface area contributed by atoms with E-state index in [9.17, 15) is 29.1 Å². The number of urea groups is 2. The smallest absolute Gasteiger partial charge is 0.336 e. The number of hydrogen-bond acceptors (Lipinski definition) is 10. The van der Waals surface area contributed by atoms with Crippen molar-refractivity contribution >= 4 is 12.1 Å². The van der Waals surface area contributed by atoms with E-state index in [1.807, 2.05) is 41.5 Å². The first-order chi connectivity index (χ1) is 22.9. The van der Waals surface area contributed by atoms with Gasteiger partial charge in [-0.25, -0.2) is 37.7 Å². The number of hydrogen-bond donors (Lipinski definition) is 1. The van der Waals surface area contributed by atoms with Gasteiger partial charge in [-0.05, 0) is 32.6 Å². The molecule has 274 valence electrons. The molecule has 2 unspecified atom stereocenters. The molecule has 4 amide bonds. The molecule has 1 aromatic rings. The van der Waals surface area contributed by atoms with Crippen molar-refractivity contribution in [1.29, 1.82) is 0 Å². The number of carbonyl (C=O) groups excluding carboxylic acids is 2. The quantitative estimate of drug-likeness (QED) is 0.184. The highest BCUT2D eigenvalue weighted by molar-refractivity contribution is 5.88. The average Bonchev–Trinajstić information content (AvgIpc) is 3.32. The van der Waals surface area contributed by atoms with E-state index in [1.54, 1.807) is 19.6 Å². The summed E-state index contributed by atoms with van der Waals surface area (Å²) >= 11 is 0. The number of amides is 4. The zero-order valence-corrected chi connectivity index (χ0v) is 29.8. The standard InChI is InChI=1S/C31H55N7O10/c1-9-11-30-31(12-10-2,37(21-46-8)29(44)36(30)20-45-7)38(28(43)35(30)19-23(3)4)22-47-17-14-33-25(40)32(13-16-39)26(41)34(27(33)42)15-18-48-24(5)6/h23-24,39H,9-22H2,1-8H3. The van der Waals surface area contributed by atoms with Crippen LogP contribution in [0.2, 0.25) is 0 Å². The number of rotatable bonds is 21. The van der Waals surface area contributed by atoms with Crippen LogP contribution in [0.4, 0.5) is 9.59 Å². The van der Waals surface area contributed by atoms with Crippen molar-refractivity contribution < 1.29 is 33.6 Å². The summed E-state index contributed by atoms with van der Waals surface area (Å²) in [7, 11) is 3.00. The number of methoxy groups -OCH3 is 2. The van der Waals surface area contributed by atoms with Gasteiger partial charge in [-0.15, -0.1) is 0 Å². The Hall–Kier alpha value is -3.25. The van der Waals surface area contributed by atoms with Gasteiger partial charge in [0.1, 0.15) is 20.2 Å². The van der Waals surface area contributed by atoms with Crippen molar-refractivity contribution in [3.05, 3.63) is 31.5 Å². The number of aliphatic hydroxyl groups is 1. The fourth-order valence-corrected chi connectivity index (χ4v) is 7.10. The fourth-order valence-electron chi connectivity index (χ4n) is 7.10. The van der Waals surface area contributed by atoms with Gasteiger partial charge in [-0.1, -0.05) is 40.5 Å². The SMILES string of the molecule is CCCC12N(COC)C(=O)N(COC)C1(CCC)N(CC(C)C)C(=O)N2COCCn1c(=O)n(CCO)c(=O)n(CCOC(C)C)c1=O. The Labute approximate surface area is 281 Å². The molecule has 0 radical (unpaired) electrons. The molecule has 2 atom stereocenters. The van der Waals surface area contributed by atoms with Gasteiger partial charge in [0.2, 0.25) is 0 Å². The lowest BCUT2D eigenvalue weighted by atomic mass is 9.83. The lowest BCUT2D eigenvalue weighted by Gasteiger charge is -2.50. The molecule has 2 aliphatic rings. The van der Waals surface area contributed by atoms with Crippen molar-refractivity contribution in [2.75, 3.05) is 60.8 Å². The van der Waals surface area contributed by atoms with Crippen molar-refractivity contribution in [1.82, 2.24) is 33.3 Å². The third kappa shape index (κ3) is 6.92. The first-order valence-corrected chi connectivity index (χ1v) is 16.8. The maximum absolute atomic E-state index is 14.5. The predicted molar refractivity (Wildman–Crippen MR) is 175 cm³/mol. The molecule has 3 heterocycles. The second-order valence-electron chi connectivity index (χ2n) is 12.8. The molecule has 0 aliphatic carbocycles. The molecule has 0 aromatic carbocycles. The highest BCUT2D eigenvalue weighted by Gasteiger charge is 2.77. The molecule has 2 saturated heterocycles. The van der Waals surface area contributed by atoms with Gasteiger partial charge in [0, 0.05) is 20.8 Å². The van der Waals surface area contributed by atoms with Gasteiger partial charge >= 0.3 is 29.1 Å². The lowest BCUT2D eigenvalue weighted by Crippen LogP contribution is -2.68. The normalized spacial score (nSPS) is 21.1. The highest BCUT2D eigenvalue weighted by atomic mass is 16.5. The molecule has 0 bridgehead atoms. The molecule has 0 saturated carbocycles. The van der Waals surface area contributed by atoms with E-state index >= 15 is 0 Å². The van der Waals surface area contributed by atoms with Crippen LogP contribution >= 0.6 is 0 Å². The van der Waals surface area contributed by atoms with Gasteiger partial charge in [-0.2, -0.15) is 0 Å². The summed E-state index contributed by atoms with van der Waals surface area (Å²) in [6.45, 7) is 10.4. The summed E-state index contributed by atoms with van der Waals surface area (Å²) in [5.74, 6) is 0.0773. The molecular formula is C31H55N7O10. The minimum Gasteiger partial charge on any atom is -0.395 e. The fraction of sp³-hybridized carbons (Fsp3) is 0.839. The largest absolute Gasteiger partial charge is 0.395 e. The number of fused-ring (bicyclic) bond motifs is 1. The van der Waals surface area contributed by atoms with E-state index in [2.05, 4.69) is 0 Å². The van der Waals surface area contributed by atoms with Crippen LogP contribution in [0.15, 0.2) is 14.4 Å². The van der Waals surface area contributed by atoms with Crippen LogP contribution in [0.25, 0.3) is 0 Å². The zero-order chi connectivity index (χ0) is 35.8. The summed E-state index contributed by atoms with van der Waals surface area (Å²) in [6, 6.07) is -0.645. The Morgan fingerprint density at radius 2 is 1.08 bits per heavy atom. The van der Waals surface area contributed by atoms with Crippen molar-refractivity contribution in [2.45, 2.75) is 104 Å². The van der Waals surface area contributed by atoms with Gasteiger partial charge < -0.3 is 24.1 Å². The van der Waals surface area contributed by atoms with E-state index in [-0.39, 0.29) is 77.1 Å². The molecule has 17 nitrogen and oxygen atoms in total. The Morgan fingerprint density at radius 1 is 0.646 bits per heavy atom. The molecule has 1 aromatic heterocycles. The van der Waals surface area contributed by atoms with Crippen LogP contribution in [-0.4, -0.2) is 129 Å². The molecule has 3 rings (SSSR count). The molecule has 2 fully saturated rings. The van der Waals surface area contributed by atoms with Gasteiger partial charge in [0.05, 0.1) is 45.6 Å². The molecule has 48 heavy (non-hydrogen) atoms. The second kappa shape index (κ2) is 16.9. The Morgan fingerprint density at radius 3 is 1.52 bits per heavy atom. The number of aliphatic hydroxyl groups excluding tert-OH is 1. The molecule has 1 N–H and O–H groups in total. The molecule has 17 heteroatoms. The van der Waals surface area contributed by atoms with Crippen LogP contribution in [0.1, 0.15) is 67.2 Å². The van der Waals surface area contributed by atoms with Crippen molar-refractivity contribution in [3.63, 3.8) is 0 Å². The summed E-state index contributed by atoms with van der Waals surface area (Å²) < 4.78 is 25.2. The van der Waals surface area contributed by atoms with E-state index in [1.165, 1.54) is 14.2 Å². The van der Waals surface area contributed by atoms with Crippen LogP contribution < -0.4 is 17.1 Å². The third-order valence-electron chi connectivity index (χ3n) is 8.77. The summed E-state index contributed by atoms with van der Waals surface area (Å²) in [4.78, 5) is 74.7. The van der Waals surface area contributed by atoms with Crippen LogP contribution in [0.5, 0.6) is 0 Å². The Bertz CT molecular complexity index is 1430. The minimum absolute atomic E-state index is 0.0396. The topological polar surface area (TPSA) is 170 Å². The molecular weight excluding hydrogens is 630 g/mol. The van der Waals surface area contributed by atoms with E-state index < -0.39 is 35.0 Å². The lowest BCUT2D eigenvalue weighted by molar-refractivity contribution is -0.133. The van der Waals surface area contributed by atoms with E-state index in [0.29, 0.717) is 32.2 Å². The average molecular weight is 686 g/mol. The monoisotopic (exact) mass is 685 g/mol. The number of carbonyl (C=O) groups is 2. The van der Waals surface area contributed by atoms with Gasteiger partial charge in [-0.3, -0.25) is 19.6 Å². The first-order valence-electron chi connectivity index (χ1n) is 16.8. The first kappa shape index (κ1) is 39.2. The maximum atomic E-state index is 14.5. The summed E-state index contributed by atoms with van der Waals surface area (Å²) in [6.07, 6.45) is 2.05.